The van der Waals surface area contributed by atoms with Crippen LogP contribution in [-0.2, 0) is 17.1 Å². The van der Waals surface area contributed by atoms with Gasteiger partial charge in [0.25, 0.3) is 0 Å². The van der Waals surface area contributed by atoms with Gasteiger partial charge in [0.05, 0.1) is 20.6 Å². The number of hydrogen-bond acceptors (Lipinski definition) is 2. The minimum absolute atomic E-state index is 0. The van der Waals surface area contributed by atoms with Gasteiger partial charge in [-0.3, -0.25) is 0 Å². The molecular formula is C14H34CuN2O. The fourth-order valence-electron chi connectivity index (χ4n) is 1.98. The van der Waals surface area contributed by atoms with Gasteiger partial charge in [0.2, 0.25) is 0 Å². The Kier molecular flexibility index (Phi) is 20.2. The monoisotopic (exact) mass is 309 g/mol. The Hall–Kier alpha value is 0.399. The van der Waals surface area contributed by atoms with Crippen LogP contribution >= 0.6 is 0 Å². The van der Waals surface area contributed by atoms with E-state index >= 15 is 0 Å². The van der Waals surface area contributed by atoms with Gasteiger partial charge < -0.3 is 16.0 Å². The molecule has 0 saturated carbocycles. The average Bonchev–Trinajstić information content (AvgIpc) is 2.19. The van der Waals surface area contributed by atoms with Crippen molar-refractivity contribution in [2.45, 2.75) is 71.1 Å². The van der Waals surface area contributed by atoms with Crippen LogP contribution < -0.4 is 6.15 Å². The van der Waals surface area contributed by atoms with Gasteiger partial charge in [-0.2, -0.15) is 0 Å². The van der Waals surface area contributed by atoms with Crippen molar-refractivity contribution in [3.05, 3.63) is 5.21 Å². The zero-order valence-electron chi connectivity index (χ0n) is 12.6. The summed E-state index contributed by atoms with van der Waals surface area (Å²) in [5, 5.41) is 11.3. The van der Waals surface area contributed by atoms with Gasteiger partial charge in [-0.1, -0.05) is 58.3 Å². The molecule has 0 aliphatic rings. The Labute approximate surface area is 125 Å². The predicted molar refractivity (Wildman–Crippen MR) is 77.2 cm³/mol. The van der Waals surface area contributed by atoms with Crippen molar-refractivity contribution in [2.75, 3.05) is 20.6 Å². The number of hydroxylamine groups is 3. The van der Waals surface area contributed by atoms with Gasteiger partial charge >= 0.3 is 0 Å². The summed E-state index contributed by atoms with van der Waals surface area (Å²) >= 11 is 0. The first kappa shape index (κ1) is 23.5. The van der Waals surface area contributed by atoms with Gasteiger partial charge in [-0.25, -0.2) is 0 Å². The van der Waals surface area contributed by atoms with Crippen LogP contribution in [-0.4, -0.2) is 25.3 Å². The second kappa shape index (κ2) is 15.5. The molecule has 0 rings (SSSR count). The molecule has 0 fully saturated rings. The minimum Gasteiger partial charge on any atom is -0.633 e. The number of quaternary nitrogens is 1. The molecule has 0 aromatic carbocycles. The fraction of sp³-hybridized carbons (Fsp3) is 1.00. The zero-order valence-corrected chi connectivity index (χ0v) is 13.6. The van der Waals surface area contributed by atoms with Crippen molar-refractivity contribution >= 4 is 0 Å². The van der Waals surface area contributed by atoms with E-state index in [-0.39, 0.29) is 27.9 Å². The molecule has 18 heavy (non-hydrogen) atoms. The summed E-state index contributed by atoms with van der Waals surface area (Å²) in [5.74, 6) is 0. The van der Waals surface area contributed by atoms with E-state index in [0.717, 1.165) is 13.0 Å². The standard InChI is InChI=1S/C14H31NO.Cu.H3N/c1-4-5-6-7-8-9-10-11-12-13-14-15(2,3)16;;/h4-14H2,1-3H3;;1H3. The predicted octanol–water partition coefficient (Wildman–Crippen LogP) is 4.64. The maximum absolute atomic E-state index is 11.3. The first-order valence-corrected chi connectivity index (χ1v) is 7.10. The number of unbranched alkanes of at least 4 members (excludes halogenated alkanes) is 9. The Morgan fingerprint density at radius 1 is 0.722 bits per heavy atom. The largest absolute Gasteiger partial charge is 0.633 e. The summed E-state index contributed by atoms with van der Waals surface area (Å²) in [6, 6.07) is 0. The average molecular weight is 310 g/mol. The Balaban J connectivity index is -0.00000112. The molecule has 0 aromatic heterocycles. The summed E-state index contributed by atoms with van der Waals surface area (Å²) in [7, 11) is 3.46. The molecule has 0 amide bonds. The van der Waals surface area contributed by atoms with E-state index < -0.39 is 0 Å². The number of nitrogens with zero attached hydrogens (tertiary/aromatic N) is 1. The SMILES string of the molecule is CCCCCCCCCCCC[N+](C)(C)[O-].N.[Cu]. The van der Waals surface area contributed by atoms with Crippen LogP contribution in [0.3, 0.4) is 0 Å². The first-order chi connectivity index (χ1) is 7.56. The number of rotatable bonds is 11. The summed E-state index contributed by atoms with van der Waals surface area (Å²) in [4.78, 5) is 0. The van der Waals surface area contributed by atoms with Crippen molar-refractivity contribution in [3.63, 3.8) is 0 Å². The number of hydrogen-bond donors (Lipinski definition) is 1. The van der Waals surface area contributed by atoms with E-state index in [4.69, 9.17) is 0 Å². The van der Waals surface area contributed by atoms with Crippen molar-refractivity contribution in [1.82, 2.24) is 6.15 Å². The normalized spacial score (nSPS) is 10.7. The van der Waals surface area contributed by atoms with Crippen LogP contribution in [0, 0.1) is 5.21 Å². The van der Waals surface area contributed by atoms with Crippen LogP contribution in [0.2, 0.25) is 0 Å². The maximum atomic E-state index is 11.3. The third kappa shape index (κ3) is 21.7. The third-order valence-electron chi connectivity index (χ3n) is 3.05. The van der Waals surface area contributed by atoms with E-state index in [1.54, 1.807) is 14.1 Å². The topological polar surface area (TPSA) is 58.1 Å². The molecule has 0 bridgehead atoms. The first-order valence-electron chi connectivity index (χ1n) is 7.10. The summed E-state index contributed by atoms with van der Waals surface area (Å²) in [6.07, 6.45) is 13.4. The van der Waals surface area contributed by atoms with E-state index in [2.05, 4.69) is 6.92 Å². The summed E-state index contributed by atoms with van der Waals surface area (Å²) in [5.41, 5.74) is 0. The van der Waals surface area contributed by atoms with Crippen molar-refractivity contribution < 1.29 is 21.7 Å². The van der Waals surface area contributed by atoms with Crippen molar-refractivity contribution in [3.8, 4) is 0 Å². The minimum atomic E-state index is -0.128. The molecule has 0 aromatic rings. The maximum Gasteiger partial charge on any atom is 0.0779 e. The second-order valence-electron chi connectivity index (χ2n) is 5.48. The van der Waals surface area contributed by atoms with Crippen molar-refractivity contribution in [2.24, 2.45) is 0 Å². The van der Waals surface area contributed by atoms with E-state index in [1.165, 1.54) is 57.8 Å². The van der Waals surface area contributed by atoms with Gasteiger partial charge in [-0.15, -0.1) is 0 Å². The van der Waals surface area contributed by atoms with Crippen LogP contribution in [0.25, 0.3) is 0 Å². The van der Waals surface area contributed by atoms with Gasteiger partial charge in [0.15, 0.2) is 0 Å². The molecular weight excluding hydrogens is 276 g/mol. The second-order valence-corrected chi connectivity index (χ2v) is 5.48. The molecule has 0 atom stereocenters. The molecule has 0 aliphatic carbocycles. The zero-order chi connectivity index (χ0) is 12.3. The van der Waals surface area contributed by atoms with Crippen LogP contribution in [0.15, 0.2) is 0 Å². The van der Waals surface area contributed by atoms with Gasteiger partial charge in [0, 0.05) is 17.1 Å². The molecule has 0 aliphatic heterocycles. The molecule has 3 nitrogen and oxygen atoms in total. The third-order valence-corrected chi connectivity index (χ3v) is 3.05. The van der Waals surface area contributed by atoms with E-state index in [9.17, 15) is 5.21 Å². The molecule has 0 heterocycles. The van der Waals surface area contributed by atoms with E-state index in [0.29, 0.717) is 0 Å². The Morgan fingerprint density at radius 3 is 1.39 bits per heavy atom. The van der Waals surface area contributed by atoms with Crippen molar-refractivity contribution in [1.29, 1.82) is 0 Å². The Bertz CT molecular complexity index is 149. The molecule has 4 heteroatoms. The Morgan fingerprint density at radius 2 is 1.06 bits per heavy atom. The summed E-state index contributed by atoms with van der Waals surface area (Å²) < 4.78 is -0.128. The van der Waals surface area contributed by atoms with Gasteiger partial charge in [-0.05, 0) is 12.8 Å². The summed E-state index contributed by atoms with van der Waals surface area (Å²) in [6.45, 7) is 3.03. The molecule has 1 radical (unpaired) electrons. The van der Waals surface area contributed by atoms with Crippen LogP contribution in [0.4, 0.5) is 0 Å². The molecule has 0 spiro atoms. The van der Waals surface area contributed by atoms with Crippen LogP contribution in [0.5, 0.6) is 0 Å². The molecule has 0 unspecified atom stereocenters. The molecule has 0 saturated heterocycles. The van der Waals surface area contributed by atoms with Crippen LogP contribution in [0.1, 0.15) is 71.1 Å². The molecule has 117 valence electrons. The quantitative estimate of drug-likeness (QED) is 0.261. The van der Waals surface area contributed by atoms with Gasteiger partial charge in [0.1, 0.15) is 0 Å². The smallest absolute Gasteiger partial charge is 0.0779 e. The fourth-order valence-corrected chi connectivity index (χ4v) is 1.98. The molecule has 3 N–H and O–H groups in total. The van der Waals surface area contributed by atoms with E-state index in [1.807, 2.05) is 0 Å².